The molecule has 32 heavy (non-hydrogen) atoms. The van der Waals surface area contributed by atoms with Crippen LogP contribution >= 0.6 is 0 Å². The van der Waals surface area contributed by atoms with E-state index in [4.69, 9.17) is 14.7 Å². The Hall–Kier alpha value is -3.28. The molecule has 3 aromatic rings. The second-order valence-corrected chi connectivity index (χ2v) is 8.75. The fourth-order valence-electron chi connectivity index (χ4n) is 4.15. The van der Waals surface area contributed by atoms with Crippen molar-refractivity contribution >= 4 is 5.91 Å². The summed E-state index contributed by atoms with van der Waals surface area (Å²) in [5.74, 6) is 2.13. The molecule has 2 heterocycles. The molecule has 0 radical (unpaired) electrons. The molecular weight excluding hydrogens is 400 g/mol. The fourth-order valence-corrected chi connectivity index (χ4v) is 4.15. The van der Waals surface area contributed by atoms with E-state index in [1.165, 1.54) is 12.8 Å². The van der Waals surface area contributed by atoms with E-state index in [1.807, 2.05) is 42.5 Å². The quantitative estimate of drug-likeness (QED) is 0.573. The molecule has 1 amide bonds. The number of aryl methyl sites for hydroxylation is 1. The molecule has 1 aromatic carbocycles. The van der Waals surface area contributed by atoms with Gasteiger partial charge in [-0.15, -0.1) is 0 Å². The highest BCUT2D eigenvalue weighted by Gasteiger charge is 2.28. The van der Waals surface area contributed by atoms with Crippen molar-refractivity contribution in [3.63, 3.8) is 0 Å². The molecule has 1 atom stereocenters. The van der Waals surface area contributed by atoms with Crippen LogP contribution in [-0.2, 0) is 24.2 Å². The van der Waals surface area contributed by atoms with Crippen molar-refractivity contribution in [1.82, 2.24) is 20.3 Å². The summed E-state index contributed by atoms with van der Waals surface area (Å²) < 4.78 is 6.19. The van der Waals surface area contributed by atoms with Gasteiger partial charge in [0.05, 0.1) is 12.3 Å². The Kier molecular flexibility index (Phi) is 6.10. The molecule has 1 saturated carbocycles. The molecular formula is C26H28N4O2. The van der Waals surface area contributed by atoms with Crippen LogP contribution in [0.4, 0.5) is 0 Å². The Bertz CT molecular complexity index is 1070. The monoisotopic (exact) mass is 428 g/mol. The number of amides is 1. The minimum Gasteiger partial charge on any atom is -0.477 e. The number of nitrogens with zero attached hydrogens (tertiary/aromatic N) is 3. The van der Waals surface area contributed by atoms with Gasteiger partial charge in [0.1, 0.15) is 0 Å². The van der Waals surface area contributed by atoms with Crippen LogP contribution < -0.4 is 10.1 Å². The summed E-state index contributed by atoms with van der Waals surface area (Å²) in [7, 11) is 0. The van der Waals surface area contributed by atoms with Crippen molar-refractivity contribution in [2.45, 2.75) is 45.1 Å². The molecule has 0 bridgehead atoms. The standard InChI is InChI=1S/C26H28N4O2/c31-25(28-16-18-12-14-27-15-13-18)21-8-10-22-23(11-9-21)29-24(20-4-2-1-3-5-20)30-26(22)32-17-19-6-7-19/h1-5,12-15,19,21H,6-11,16-17H2,(H,28,31). The first-order chi connectivity index (χ1) is 15.8. The third-order valence-electron chi connectivity index (χ3n) is 6.30. The molecule has 164 valence electrons. The molecule has 6 nitrogen and oxygen atoms in total. The molecule has 2 aromatic heterocycles. The van der Waals surface area contributed by atoms with Gasteiger partial charge in [0.2, 0.25) is 11.8 Å². The van der Waals surface area contributed by atoms with Gasteiger partial charge in [0.15, 0.2) is 5.82 Å². The van der Waals surface area contributed by atoms with Crippen LogP contribution in [0.1, 0.15) is 42.5 Å². The van der Waals surface area contributed by atoms with E-state index in [9.17, 15) is 4.79 Å². The van der Waals surface area contributed by atoms with E-state index in [1.54, 1.807) is 12.4 Å². The number of carbonyl (C=O) groups is 1. The Morgan fingerprint density at radius 3 is 2.53 bits per heavy atom. The Balaban J connectivity index is 1.33. The van der Waals surface area contributed by atoms with Gasteiger partial charge in [-0.1, -0.05) is 30.3 Å². The zero-order chi connectivity index (χ0) is 21.8. The maximum absolute atomic E-state index is 12.9. The van der Waals surface area contributed by atoms with Crippen molar-refractivity contribution in [1.29, 1.82) is 0 Å². The van der Waals surface area contributed by atoms with E-state index in [-0.39, 0.29) is 11.8 Å². The van der Waals surface area contributed by atoms with Crippen LogP contribution in [0, 0.1) is 11.8 Å². The second kappa shape index (κ2) is 9.47. The maximum Gasteiger partial charge on any atom is 0.223 e. The van der Waals surface area contributed by atoms with Crippen molar-refractivity contribution in [2.75, 3.05) is 6.61 Å². The third-order valence-corrected chi connectivity index (χ3v) is 6.30. The highest BCUT2D eigenvalue weighted by Crippen LogP contribution is 2.34. The predicted molar refractivity (Wildman–Crippen MR) is 122 cm³/mol. The average Bonchev–Trinajstić information content (AvgIpc) is 3.69. The number of carbonyl (C=O) groups excluding carboxylic acids is 1. The molecule has 1 unspecified atom stereocenters. The van der Waals surface area contributed by atoms with Crippen molar-refractivity contribution < 1.29 is 9.53 Å². The summed E-state index contributed by atoms with van der Waals surface area (Å²) in [4.78, 5) is 26.6. The molecule has 6 heteroatoms. The summed E-state index contributed by atoms with van der Waals surface area (Å²) in [6.45, 7) is 1.24. The largest absolute Gasteiger partial charge is 0.477 e. The Morgan fingerprint density at radius 2 is 1.75 bits per heavy atom. The van der Waals surface area contributed by atoms with Gasteiger partial charge in [-0.05, 0) is 62.1 Å². The van der Waals surface area contributed by atoms with Gasteiger partial charge in [0, 0.05) is 36.0 Å². The van der Waals surface area contributed by atoms with E-state index in [0.717, 1.165) is 48.1 Å². The number of benzene rings is 1. The Morgan fingerprint density at radius 1 is 0.969 bits per heavy atom. The van der Waals surface area contributed by atoms with E-state index < -0.39 is 0 Å². The van der Waals surface area contributed by atoms with Gasteiger partial charge in [-0.2, -0.15) is 4.98 Å². The normalized spacial score (nSPS) is 17.8. The van der Waals surface area contributed by atoms with Gasteiger partial charge < -0.3 is 10.1 Å². The number of ether oxygens (including phenoxy) is 1. The number of fused-ring (bicyclic) bond motifs is 1. The molecule has 2 aliphatic carbocycles. The number of pyridine rings is 1. The lowest BCUT2D eigenvalue weighted by Gasteiger charge is -2.14. The van der Waals surface area contributed by atoms with Crippen LogP contribution in [0.2, 0.25) is 0 Å². The maximum atomic E-state index is 12.9. The summed E-state index contributed by atoms with van der Waals surface area (Å²) in [5, 5.41) is 3.09. The van der Waals surface area contributed by atoms with Crippen LogP contribution in [0.15, 0.2) is 54.9 Å². The van der Waals surface area contributed by atoms with Crippen LogP contribution in [0.25, 0.3) is 11.4 Å². The summed E-state index contributed by atoms with van der Waals surface area (Å²) >= 11 is 0. The smallest absolute Gasteiger partial charge is 0.223 e. The zero-order valence-electron chi connectivity index (χ0n) is 18.2. The third kappa shape index (κ3) is 4.96. The highest BCUT2D eigenvalue weighted by molar-refractivity contribution is 5.78. The lowest BCUT2D eigenvalue weighted by Crippen LogP contribution is -2.30. The second-order valence-electron chi connectivity index (χ2n) is 8.75. The molecule has 0 aliphatic heterocycles. The number of hydrogen-bond acceptors (Lipinski definition) is 5. The molecule has 2 aliphatic rings. The SMILES string of the molecule is O=C(NCc1ccncc1)C1CCc2nc(-c3ccccc3)nc(OCC3CC3)c2CC1. The number of aromatic nitrogens is 3. The van der Waals surface area contributed by atoms with Crippen molar-refractivity contribution in [3.05, 3.63) is 71.7 Å². The molecule has 5 rings (SSSR count). The van der Waals surface area contributed by atoms with Crippen molar-refractivity contribution in [2.24, 2.45) is 11.8 Å². The van der Waals surface area contributed by atoms with E-state index >= 15 is 0 Å². The molecule has 0 spiro atoms. The predicted octanol–water partition coefficient (Wildman–Crippen LogP) is 4.14. The van der Waals surface area contributed by atoms with Gasteiger partial charge in [-0.3, -0.25) is 9.78 Å². The lowest BCUT2D eigenvalue weighted by atomic mass is 9.98. The summed E-state index contributed by atoms with van der Waals surface area (Å²) in [6, 6.07) is 13.9. The minimum absolute atomic E-state index is 0.0394. The number of nitrogens with one attached hydrogen (secondary N) is 1. The first-order valence-corrected chi connectivity index (χ1v) is 11.5. The average molecular weight is 429 g/mol. The number of hydrogen-bond donors (Lipinski definition) is 1. The fraction of sp³-hybridized carbons (Fsp3) is 0.385. The summed E-state index contributed by atoms with van der Waals surface area (Å²) in [5.41, 5.74) is 4.14. The topological polar surface area (TPSA) is 77.0 Å². The first-order valence-electron chi connectivity index (χ1n) is 11.5. The zero-order valence-corrected chi connectivity index (χ0v) is 18.2. The molecule has 0 saturated heterocycles. The highest BCUT2D eigenvalue weighted by atomic mass is 16.5. The first kappa shape index (κ1) is 20.6. The van der Waals surface area contributed by atoms with Gasteiger partial charge >= 0.3 is 0 Å². The Labute approximate surface area is 188 Å². The van der Waals surface area contributed by atoms with Crippen molar-refractivity contribution in [3.8, 4) is 17.3 Å². The molecule has 1 fully saturated rings. The van der Waals surface area contributed by atoms with E-state index in [0.29, 0.717) is 30.8 Å². The van der Waals surface area contributed by atoms with Crippen LogP contribution in [0.5, 0.6) is 5.88 Å². The van der Waals surface area contributed by atoms with Crippen LogP contribution in [-0.4, -0.2) is 27.5 Å². The number of rotatable bonds is 7. The van der Waals surface area contributed by atoms with Crippen LogP contribution in [0.3, 0.4) is 0 Å². The lowest BCUT2D eigenvalue weighted by molar-refractivity contribution is -0.125. The van der Waals surface area contributed by atoms with Gasteiger partial charge in [-0.25, -0.2) is 4.98 Å². The summed E-state index contributed by atoms with van der Waals surface area (Å²) in [6.07, 6.45) is 9.04. The van der Waals surface area contributed by atoms with E-state index in [2.05, 4.69) is 10.3 Å². The van der Waals surface area contributed by atoms with Gasteiger partial charge in [0.25, 0.3) is 0 Å². The minimum atomic E-state index is -0.0394. The molecule has 1 N–H and O–H groups in total.